The predicted octanol–water partition coefficient (Wildman–Crippen LogP) is 1.96. The fourth-order valence-electron chi connectivity index (χ4n) is 3.43. The van der Waals surface area contributed by atoms with Crippen molar-refractivity contribution in [1.29, 1.82) is 0 Å². The molecule has 1 saturated heterocycles. The number of sulfonamides is 1. The van der Waals surface area contributed by atoms with E-state index in [1.165, 1.54) is 4.90 Å². The number of rotatable bonds is 6. The van der Waals surface area contributed by atoms with E-state index in [1.54, 1.807) is 31.3 Å². The third-order valence-corrected chi connectivity index (χ3v) is 6.57. The van der Waals surface area contributed by atoms with Gasteiger partial charge in [0.2, 0.25) is 15.9 Å². The number of carbonyl (C=O) groups is 1. The molecular weight excluding hydrogens is 364 g/mol. The molecule has 144 valence electrons. The molecule has 2 aromatic carbocycles. The molecule has 0 radical (unpaired) electrons. The molecule has 2 atom stereocenters. The summed E-state index contributed by atoms with van der Waals surface area (Å²) in [6.07, 6.45) is -0.602. The molecule has 1 aliphatic rings. The first-order valence-corrected chi connectivity index (χ1v) is 10.5. The quantitative estimate of drug-likeness (QED) is 0.821. The molecule has 1 unspecified atom stereocenters. The predicted molar refractivity (Wildman–Crippen MR) is 103 cm³/mol. The van der Waals surface area contributed by atoms with Crippen molar-refractivity contribution in [3.05, 3.63) is 71.8 Å². The Bertz CT molecular complexity index is 871. The highest BCUT2D eigenvalue weighted by atomic mass is 32.2. The molecule has 3 rings (SSSR count). The Labute approximate surface area is 160 Å². The first-order chi connectivity index (χ1) is 12.9. The van der Waals surface area contributed by atoms with Gasteiger partial charge in [-0.2, -0.15) is 4.31 Å². The van der Waals surface area contributed by atoms with Crippen LogP contribution in [-0.2, 0) is 27.1 Å². The van der Waals surface area contributed by atoms with Crippen molar-refractivity contribution in [3.63, 3.8) is 0 Å². The van der Waals surface area contributed by atoms with Gasteiger partial charge in [0, 0.05) is 13.6 Å². The van der Waals surface area contributed by atoms with Crippen molar-refractivity contribution in [2.24, 2.45) is 0 Å². The summed E-state index contributed by atoms with van der Waals surface area (Å²) < 4.78 is 26.8. The highest BCUT2D eigenvalue weighted by molar-refractivity contribution is 7.88. The highest BCUT2D eigenvalue weighted by Gasteiger charge is 2.45. The van der Waals surface area contributed by atoms with E-state index in [9.17, 15) is 18.3 Å². The summed E-state index contributed by atoms with van der Waals surface area (Å²) in [5.41, 5.74) is 1.59. The smallest absolute Gasteiger partial charge is 0.241 e. The molecule has 7 heteroatoms. The normalized spacial score (nSPS) is 20.5. The molecule has 0 saturated carbocycles. The molecule has 1 amide bonds. The van der Waals surface area contributed by atoms with Gasteiger partial charge in [0.15, 0.2) is 0 Å². The van der Waals surface area contributed by atoms with Gasteiger partial charge in [0.1, 0.15) is 12.3 Å². The number of benzene rings is 2. The van der Waals surface area contributed by atoms with E-state index in [-0.39, 0.29) is 18.1 Å². The molecule has 1 N–H and O–H groups in total. The average molecular weight is 388 g/mol. The number of likely N-dealkylation sites (N-methyl/N-ethyl adjacent to an activating group) is 1. The zero-order valence-electron chi connectivity index (χ0n) is 15.2. The Hall–Kier alpha value is -2.22. The summed E-state index contributed by atoms with van der Waals surface area (Å²) in [4.78, 5) is 14.4. The third kappa shape index (κ3) is 4.55. The zero-order valence-corrected chi connectivity index (χ0v) is 16.0. The summed E-state index contributed by atoms with van der Waals surface area (Å²) in [5.74, 6) is -0.538. The lowest BCUT2D eigenvalue weighted by molar-refractivity contribution is -0.135. The average Bonchev–Trinajstić information content (AvgIpc) is 3.05. The van der Waals surface area contributed by atoms with Gasteiger partial charge in [0.05, 0.1) is 5.75 Å². The molecule has 1 aliphatic heterocycles. The summed E-state index contributed by atoms with van der Waals surface area (Å²) in [6, 6.07) is 17.4. The van der Waals surface area contributed by atoms with Gasteiger partial charge in [-0.05, 0) is 24.0 Å². The maximum Gasteiger partial charge on any atom is 0.241 e. The Morgan fingerprint density at radius 1 is 1.04 bits per heavy atom. The second-order valence-corrected chi connectivity index (χ2v) is 8.70. The topological polar surface area (TPSA) is 77.9 Å². The van der Waals surface area contributed by atoms with Crippen LogP contribution in [0.15, 0.2) is 60.7 Å². The molecule has 0 spiro atoms. The van der Waals surface area contributed by atoms with Crippen molar-refractivity contribution >= 4 is 15.9 Å². The van der Waals surface area contributed by atoms with Gasteiger partial charge in [-0.1, -0.05) is 60.7 Å². The number of hydrogen-bond acceptors (Lipinski definition) is 4. The monoisotopic (exact) mass is 388 g/mol. The highest BCUT2D eigenvalue weighted by Crippen LogP contribution is 2.29. The van der Waals surface area contributed by atoms with Crippen molar-refractivity contribution in [1.82, 2.24) is 9.21 Å². The Morgan fingerprint density at radius 2 is 1.59 bits per heavy atom. The maximum absolute atomic E-state index is 12.9. The second kappa shape index (κ2) is 8.21. The van der Waals surface area contributed by atoms with Crippen LogP contribution in [0.3, 0.4) is 0 Å². The van der Waals surface area contributed by atoms with E-state index in [4.69, 9.17) is 0 Å². The van der Waals surface area contributed by atoms with E-state index in [0.717, 1.165) is 9.87 Å². The second-order valence-electron chi connectivity index (χ2n) is 6.83. The van der Waals surface area contributed by atoms with Gasteiger partial charge in [-0.3, -0.25) is 4.79 Å². The molecule has 1 heterocycles. The van der Waals surface area contributed by atoms with Crippen LogP contribution in [0.2, 0.25) is 0 Å². The summed E-state index contributed by atoms with van der Waals surface area (Å²) in [7, 11) is -2.17. The van der Waals surface area contributed by atoms with Crippen LogP contribution in [-0.4, -0.2) is 48.0 Å². The largest absolute Gasteiger partial charge is 0.377 e. The van der Waals surface area contributed by atoms with Gasteiger partial charge >= 0.3 is 0 Å². The standard InChI is InChI=1S/C20H24N2O4S/c1-21(14-16-8-4-2-5-9-16)20(24)18-12-13-19(23)22(18)27(25,26)15-17-10-6-3-7-11-17/h2-11,18-19,23H,12-15H2,1H3/t18-,19?/m0/s1. The minimum Gasteiger partial charge on any atom is -0.377 e. The SMILES string of the molecule is CN(Cc1ccccc1)C(=O)[C@@H]1CCC(O)N1S(=O)(=O)Cc1ccccc1. The number of amides is 1. The molecule has 0 aliphatic carbocycles. The molecular formula is C20H24N2O4S. The van der Waals surface area contributed by atoms with E-state index >= 15 is 0 Å². The molecule has 2 aromatic rings. The Morgan fingerprint density at radius 3 is 2.19 bits per heavy atom. The molecule has 0 bridgehead atoms. The minimum atomic E-state index is -3.83. The number of aliphatic hydroxyl groups excluding tert-OH is 1. The van der Waals surface area contributed by atoms with Gasteiger partial charge in [-0.25, -0.2) is 8.42 Å². The van der Waals surface area contributed by atoms with Crippen LogP contribution in [0.25, 0.3) is 0 Å². The van der Waals surface area contributed by atoms with E-state index in [0.29, 0.717) is 18.5 Å². The Balaban J connectivity index is 1.76. The third-order valence-electron chi connectivity index (χ3n) is 4.74. The van der Waals surface area contributed by atoms with Crippen LogP contribution < -0.4 is 0 Å². The first kappa shape index (κ1) is 19.5. The van der Waals surface area contributed by atoms with Crippen LogP contribution >= 0.6 is 0 Å². The lowest BCUT2D eigenvalue weighted by Gasteiger charge is -2.29. The lowest BCUT2D eigenvalue weighted by Crippen LogP contribution is -2.49. The number of nitrogens with zero attached hydrogens (tertiary/aromatic N) is 2. The van der Waals surface area contributed by atoms with Crippen LogP contribution in [0.5, 0.6) is 0 Å². The summed E-state index contributed by atoms with van der Waals surface area (Å²) in [5, 5.41) is 10.3. The van der Waals surface area contributed by atoms with Crippen molar-refractivity contribution in [2.75, 3.05) is 7.05 Å². The van der Waals surface area contributed by atoms with Crippen LogP contribution in [0.4, 0.5) is 0 Å². The first-order valence-electron chi connectivity index (χ1n) is 8.90. The molecule has 0 aromatic heterocycles. The summed E-state index contributed by atoms with van der Waals surface area (Å²) in [6.45, 7) is 0.388. The number of carbonyl (C=O) groups excluding carboxylic acids is 1. The van der Waals surface area contributed by atoms with Crippen LogP contribution in [0.1, 0.15) is 24.0 Å². The summed E-state index contributed by atoms with van der Waals surface area (Å²) >= 11 is 0. The van der Waals surface area contributed by atoms with Crippen LogP contribution in [0, 0.1) is 0 Å². The van der Waals surface area contributed by atoms with Crippen molar-refractivity contribution in [3.8, 4) is 0 Å². The van der Waals surface area contributed by atoms with Gasteiger partial charge in [-0.15, -0.1) is 0 Å². The number of hydrogen-bond donors (Lipinski definition) is 1. The van der Waals surface area contributed by atoms with E-state index in [2.05, 4.69) is 0 Å². The molecule has 6 nitrogen and oxygen atoms in total. The van der Waals surface area contributed by atoms with E-state index in [1.807, 2.05) is 36.4 Å². The fourth-order valence-corrected chi connectivity index (χ4v) is 5.25. The zero-order chi connectivity index (χ0) is 19.4. The van der Waals surface area contributed by atoms with Crippen molar-refractivity contribution in [2.45, 2.75) is 37.4 Å². The van der Waals surface area contributed by atoms with Gasteiger partial charge < -0.3 is 10.0 Å². The fraction of sp³-hybridized carbons (Fsp3) is 0.350. The van der Waals surface area contributed by atoms with Crippen molar-refractivity contribution < 1.29 is 18.3 Å². The van der Waals surface area contributed by atoms with E-state index < -0.39 is 22.3 Å². The minimum absolute atomic E-state index is 0.239. The lowest BCUT2D eigenvalue weighted by atomic mass is 10.1. The molecule has 27 heavy (non-hydrogen) atoms. The van der Waals surface area contributed by atoms with Gasteiger partial charge in [0.25, 0.3) is 0 Å². The maximum atomic E-state index is 12.9. The molecule has 1 fully saturated rings. The number of aliphatic hydroxyl groups is 1. The Kier molecular flexibility index (Phi) is 5.94.